The quantitative estimate of drug-likeness (QED) is 0.467. The Balaban J connectivity index is 2.65. The predicted molar refractivity (Wildman–Crippen MR) is 70.2 cm³/mol. The molecule has 0 bridgehead atoms. The maximum atomic E-state index is 11.4. The topological polar surface area (TPSA) is 46.5 Å². The first-order valence-electron chi connectivity index (χ1n) is 3.84. The molecular weight excluding hydrogens is 410 g/mol. The Kier molecular flexibility index (Phi) is 4.93. The van der Waals surface area contributed by atoms with E-state index in [1.54, 1.807) is 12.1 Å². The van der Waals surface area contributed by atoms with Crippen LogP contribution >= 0.6 is 45.2 Å². The molecule has 76 valence electrons. The van der Waals surface area contributed by atoms with Crippen LogP contribution in [-0.4, -0.2) is 19.6 Å². The van der Waals surface area contributed by atoms with Gasteiger partial charge in [-0.15, -0.1) is 0 Å². The molecule has 14 heavy (non-hydrogen) atoms. The summed E-state index contributed by atoms with van der Waals surface area (Å²) in [7, 11) is 0. The SMILES string of the molecule is O=C(OCC(I)I)c1ccccc1O. The van der Waals surface area contributed by atoms with E-state index in [1.807, 2.05) is 0 Å². The van der Waals surface area contributed by atoms with Crippen molar-refractivity contribution in [3.63, 3.8) is 0 Å². The van der Waals surface area contributed by atoms with Crippen LogP contribution in [0.15, 0.2) is 24.3 Å². The number of hydrogen-bond acceptors (Lipinski definition) is 3. The number of phenols is 1. The number of carbonyl (C=O) groups excluding carboxylic acids is 1. The van der Waals surface area contributed by atoms with Gasteiger partial charge in [0.15, 0.2) is 0 Å². The zero-order chi connectivity index (χ0) is 10.6. The second-order valence-electron chi connectivity index (χ2n) is 2.51. The first-order valence-corrected chi connectivity index (χ1v) is 6.33. The van der Waals surface area contributed by atoms with Crippen molar-refractivity contribution in [2.24, 2.45) is 0 Å². The van der Waals surface area contributed by atoms with Crippen molar-refractivity contribution in [1.29, 1.82) is 0 Å². The van der Waals surface area contributed by atoms with E-state index in [0.717, 1.165) is 0 Å². The lowest BCUT2D eigenvalue weighted by atomic mass is 10.2. The summed E-state index contributed by atoms with van der Waals surface area (Å²) in [5.41, 5.74) is 0.209. The summed E-state index contributed by atoms with van der Waals surface area (Å²) in [5.74, 6) is -0.530. The largest absolute Gasteiger partial charge is 0.507 e. The third kappa shape index (κ3) is 3.60. The highest BCUT2D eigenvalue weighted by molar-refractivity contribution is 14.2. The number of rotatable bonds is 3. The van der Waals surface area contributed by atoms with E-state index in [-0.39, 0.29) is 13.2 Å². The number of ether oxygens (including phenoxy) is 1. The fourth-order valence-corrected chi connectivity index (χ4v) is 1.22. The smallest absolute Gasteiger partial charge is 0.341 e. The van der Waals surface area contributed by atoms with Gasteiger partial charge < -0.3 is 9.84 Å². The summed E-state index contributed by atoms with van der Waals surface area (Å²) in [6.45, 7) is 0.342. The number of para-hydroxylation sites is 1. The number of halogens is 2. The van der Waals surface area contributed by atoms with Crippen molar-refractivity contribution in [3.05, 3.63) is 29.8 Å². The fraction of sp³-hybridized carbons (Fsp3) is 0.222. The number of hydrogen-bond donors (Lipinski definition) is 1. The van der Waals surface area contributed by atoms with Gasteiger partial charge >= 0.3 is 5.97 Å². The molecule has 0 saturated carbocycles. The summed E-state index contributed by atoms with van der Waals surface area (Å²) in [6, 6.07) is 6.34. The lowest BCUT2D eigenvalue weighted by Gasteiger charge is -2.06. The van der Waals surface area contributed by atoms with Crippen LogP contribution in [0.4, 0.5) is 0 Å². The number of alkyl halides is 2. The van der Waals surface area contributed by atoms with Crippen LogP contribution < -0.4 is 0 Å². The van der Waals surface area contributed by atoms with Gasteiger partial charge in [-0.1, -0.05) is 57.3 Å². The molecule has 0 saturated heterocycles. The first kappa shape index (κ1) is 12.0. The van der Waals surface area contributed by atoms with Gasteiger partial charge in [0.25, 0.3) is 0 Å². The summed E-state index contributed by atoms with van der Waals surface area (Å²) in [5, 5.41) is 9.34. The molecule has 1 aromatic carbocycles. The molecule has 0 radical (unpaired) electrons. The zero-order valence-corrected chi connectivity index (χ0v) is 11.4. The van der Waals surface area contributed by atoms with E-state index in [0.29, 0.717) is 6.61 Å². The Bertz CT molecular complexity index is 326. The lowest BCUT2D eigenvalue weighted by Crippen LogP contribution is -2.09. The Morgan fingerprint density at radius 2 is 2.07 bits per heavy atom. The number of phenolic OH excluding ortho intramolecular Hbond substituents is 1. The van der Waals surface area contributed by atoms with Gasteiger partial charge in [0.05, 0.1) is 1.93 Å². The minimum atomic E-state index is -0.485. The third-order valence-electron chi connectivity index (χ3n) is 1.46. The molecule has 0 amide bonds. The van der Waals surface area contributed by atoms with Crippen LogP contribution in [0.25, 0.3) is 0 Å². The molecule has 1 rings (SSSR count). The van der Waals surface area contributed by atoms with E-state index in [9.17, 15) is 9.90 Å². The first-order chi connectivity index (χ1) is 6.61. The molecule has 0 aromatic heterocycles. The molecule has 0 heterocycles. The second kappa shape index (κ2) is 5.74. The van der Waals surface area contributed by atoms with Crippen LogP contribution in [0.1, 0.15) is 10.4 Å². The summed E-state index contributed by atoms with van der Waals surface area (Å²) < 4.78 is 5.19. The minimum Gasteiger partial charge on any atom is -0.507 e. The van der Waals surface area contributed by atoms with Crippen molar-refractivity contribution >= 4 is 51.2 Å². The normalized spacial score (nSPS) is 10.2. The molecule has 0 aliphatic heterocycles. The molecular formula is C9H8I2O3. The van der Waals surface area contributed by atoms with E-state index in [2.05, 4.69) is 45.2 Å². The maximum absolute atomic E-state index is 11.4. The van der Waals surface area contributed by atoms with Gasteiger partial charge in [-0.3, -0.25) is 0 Å². The highest BCUT2D eigenvalue weighted by Gasteiger charge is 2.12. The molecule has 5 heteroatoms. The van der Waals surface area contributed by atoms with E-state index >= 15 is 0 Å². The molecule has 0 aliphatic rings. The second-order valence-corrected chi connectivity index (χ2v) is 7.90. The van der Waals surface area contributed by atoms with Gasteiger partial charge in [0, 0.05) is 0 Å². The lowest BCUT2D eigenvalue weighted by molar-refractivity contribution is 0.0526. The Morgan fingerprint density at radius 1 is 1.43 bits per heavy atom. The molecule has 0 aliphatic carbocycles. The number of aromatic hydroxyl groups is 1. The Morgan fingerprint density at radius 3 is 2.64 bits per heavy atom. The van der Waals surface area contributed by atoms with E-state index in [4.69, 9.17) is 4.74 Å². The van der Waals surface area contributed by atoms with Gasteiger partial charge in [-0.25, -0.2) is 4.79 Å². The highest BCUT2D eigenvalue weighted by atomic mass is 127. The fourth-order valence-electron chi connectivity index (χ4n) is 0.863. The molecule has 0 unspecified atom stereocenters. The van der Waals surface area contributed by atoms with Gasteiger partial charge in [0.1, 0.15) is 17.9 Å². The summed E-state index contributed by atoms with van der Waals surface area (Å²) >= 11 is 4.30. The zero-order valence-electron chi connectivity index (χ0n) is 7.11. The third-order valence-corrected chi connectivity index (χ3v) is 2.18. The van der Waals surface area contributed by atoms with Crippen molar-refractivity contribution < 1.29 is 14.6 Å². The molecule has 0 fully saturated rings. The molecule has 0 atom stereocenters. The standard InChI is InChI=1S/C9H8I2O3/c10-8(11)5-14-9(13)6-3-1-2-4-7(6)12/h1-4,8,12H,5H2. The van der Waals surface area contributed by atoms with Crippen molar-refractivity contribution in [3.8, 4) is 5.75 Å². The van der Waals surface area contributed by atoms with Crippen LogP contribution in [0, 0.1) is 0 Å². The molecule has 1 N–H and O–H groups in total. The van der Waals surface area contributed by atoms with Gasteiger partial charge in [-0.05, 0) is 12.1 Å². The van der Waals surface area contributed by atoms with Crippen LogP contribution in [-0.2, 0) is 4.74 Å². The summed E-state index contributed by atoms with van der Waals surface area (Å²) in [6.07, 6.45) is 0. The Hall–Kier alpha value is -0.0500. The van der Waals surface area contributed by atoms with E-state index in [1.165, 1.54) is 12.1 Å². The van der Waals surface area contributed by atoms with Gasteiger partial charge in [-0.2, -0.15) is 0 Å². The van der Waals surface area contributed by atoms with E-state index < -0.39 is 5.97 Å². The monoisotopic (exact) mass is 418 g/mol. The van der Waals surface area contributed by atoms with Crippen molar-refractivity contribution in [1.82, 2.24) is 0 Å². The summed E-state index contributed by atoms with van der Waals surface area (Å²) in [4.78, 5) is 11.4. The van der Waals surface area contributed by atoms with Crippen molar-refractivity contribution in [2.45, 2.75) is 1.93 Å². The number of esters is 1. The highest BCUT2D eigenvalue weighted by Crippen LogP contribution is 2.17. The Labute approximate surface area is 109 Å². The predicted octanol–water partition coefficient (Wildman–Crippen LogP) is 2.75. The van der Waals surface area contributed by atoms with Crippen LogP contribution in [0.2, 0.25) is 0 Å². The minimum absolute atomic E-state index is 0.0454. The van der Waals surface area contributed by atoms with Crippen LogP contribution in [0.3, 0.4) is 0 Å². The number of carbonyl (C=O) groups is 1. The average Bonchev–Trinajstić information content (AvgIpc) is 2.15. The molecule has 1 aromatic rings. The molecule has 3 nitrogen and oxygen atoms in total. The molecule has 0 spiro atoms. The number of benzene rings is 1. The van der Waals surface area contributed by atoms with Crippen molar-refractivity contribution in [2.75, 3.05) is 6.61 Å². The van der Waals surface area contributed by atoms with Crippen LogP contribution in [0.5, 0.6) is 5.75 Å². The maximum Gasteiger partial charge on any atom is 0.341 e. The van der Waals surface area contributed by atoms with Gasteiger partial charge in [0.2, 0.25) is 0 Å². The average molecular weight is 418 g/mol.